The van der Waals surface area contributed by atoms with E-state index in [1.807, 2.05) is 13.8 Å². The number of nitro groups is 1. The molecule has 0 saturated carbocycles. The van der Waals surface area contributed by atoms with Crippen molar-refractivity contribution in [2.24, 2.45) is 0 Å². The number of hydrogen-bond donors (Lipinski definition) is 1. The molecule has 30 heavy (non-hydrogen) atoms. The van der Waals surface area contributed by atoms with Crippen molar-refractivity contribution in [2.45, 2.75) is 26.7 Å². The number of non-ortho nitro benzene ring substituents is 1. The van der Waals surface area contributed by atoms with Gasteiger partial charge in [-0.15, -0.1) is 5.10 Å². The van der Waals surface area contributed by atoms with Gasteiger partial charge in [0.15, 0.2) is 0 Å². The minimum Gasteiger partial charge on any atom is -0.293 e. The number of benzene rings is 1. The molecule has 0 aliphatic carbocycles. The van der Waals surface area contributed by atoms with Gasteiger partial charge < -0.3 is 0 Å². The fourth-order valence-electron chi connectivity index (χ4n) is 3.18. The Labute approximate surface area is 173 Å². The molecule has 0 spiro atoms. The van der Waals surface area contributed by atoms with E-state index in [-0.39, 0.29) is 48.1 Å². The third-order valence-electron chi connectivity index (χ3n) is 4.85. The minimum atomic E-state index is -0.623. The van der Waals surface area contributed by atoms with E-state index in [2.05, 4.69) is 15.4 Å². The number of rotatable bonds is 6. The zero-order valence-electron chi connectivity index (χ0n) is 16.0. The molecule has 1 aliphatic heterocycles. The summed E-state index contributed by atoms with van der Waals surface area (Å²) in [5, 5.41) is 17.7. The predicted molar refractivity (Wildman–Crippen MR) is 107 cm³/mol. The smallest absolute Gasteiger partial charge is 0.270 e. The minimum absolute atomic E-state index is 0.00611. The predicted octanol–water partition coefficient (Wildman–Crippen LogP) is 2.33. The van der Waals surface area contributed by atoms with Crippen molar-refractivity contribution in [1.29, 1.82) is 0 Å². The highest BCUT2D eigenvalue weighted by Crippen LogP contribution is 2.27. The maximum absolute atomic E-state index is 12.4. The second kappa shape index (κ2) is 7.30. The van der Waals surface area contributed by atoms with Gasteiger partial charge in [-0.25, -0.2) is 4.52 Å². The molecule has 0 atom stereocenters. The number of fused-ring (bicyclic) bond motifs is 2. The number of amides is 3. The van der Waals surface area contributed by atoms with Crippen molar-refractivity contribution < 1.29 is 19.3 Å². The van der Waals surface area contributed by atoms with Gasteiger partial charge in [0.2, 0.25) is 16.8 Å². The maximum atomic E-state index is 12.4. The number of hydrogen-bond acceptors (Lipinski definition) is 8. The van der Waals surface area contributed by atoms with Gasteiger partial charge in [-0.2, -0.15) is 4.98 Å². The summed E-state index contributed by atoms with van der Waals surface area (Å²) >= 11 is 1.47. The van der Waals surface area contributed by atoms with Crippen LogP contribution in [0.25, 0.3) is 4.96 Å². The number of anilines is 1. The molecule has 1 aliphatic rings. The topological polar surface area (TPSA) is 140 Å². The first-order chi connectivity index (χ1) is 14.3. The van der Waals surface area contributed by atoms with Crippen LogP contribution in [0.5, 0.6) is 0 Å². The highest BCUT2D eigenvalue weighted by atomic mass is 32.1. The molecule has 154 valence electrons. The number of imide groups is 1. The third-order valence-corrected chi connectivity index (χ3v) is 5.90. The molecule has 4 rings (SSSR count). The highest BCUT2D eigenvalue weighted by Gasteiger charge is 2.36. The van der Waals surface area contributed by atoms with E-state index in [1.165, 1.54) is 23.5 Å². The third kappa shape index (κ3) is 3.30. The van der Waals surface area contributed by atoms with Gasteiger partial charge in [0.05, 0.1) is 21.7 Å². The zero-order chi connectivity index (χ0) is 21.6. The van der Waals surface area contributed by atoms with Crippen LogP contribution in [0, 0.1) is 24.0 Å². The molecular weight excluding hydrogens is 412 g/mol. The first-order valence-corrected chi connectivity index (χ1v) is 9.85. The second-order valence-electron chi connectivity index (χ2n) is 6.77. The van der Waals surface area contributed by atoms with Crippen LogP contribution < -0.4 is 5.32 Å². The maximum Gasteiger partial charge on any atom is 0.270 e. The number of nitrogens with zero attached hydrogens (tertiary/aromatic N) is 5. The lowest BCUT2D eigenvalue weighted by Crippen LogP contribution is -2.31. The van der Waals surface area contributed by atoms with Crippen LogP contribution >= 0.6 is 11.3 Å². The average Bonchev–Trinajstić information content (AvgIpc) is 3.29. The first-order valence-electron chi connectivity index (χ1n) is 9.03. The van der Waals surface area contributed by atoms with Gasteiger partial charge in [-0.05, 0) is 26.3 Å². The summed E-state index contributed by atoms with van der Waals surface area (Å²) < 4.78 is 1.66. The van der Waals surface area contributed by atoms with Crippen LogP contribution in [0.4, 0.5) is 11.6 Å². The SMILES string of the molecule is Cc1sc2nc(NC(=O)CCCN3C(=O)c4ccc([N+](=O)[O-])cc4C3=O)nn2c1C. The van der Waals surface area contributed by atoms with E-state index in [9.17, 15) is 24.5 Å². The van der Waals surface area contributed by atoms with Crippen molar-refractivity contribution in [3.05, 3.63) is 50.0 Å². The summed E-state index contributed by atoms with van der Waals surface area (Å²) in [5.41, 5.74) is 0.831. The summed E-state index contributed by atoms with van der Waals surface area (Å²) in [5.74, 6) is -1.26. The Morgan fingerprint density at radius 3 is 2.67 bits per heavy atom. The van der Waals surface area contributed by atoms with Crippen molar-refractivity contribution in [3.8, 4) is 0 Å². The first kappa shape index (κ1) is 19.6. The molecule has 2 aromatic heterocycles. The number of aryl methyl sites for hydroxylation is 2. The molecular formula is C18H16N6O5S. The lowest BCUT2D eigenvalue weighted by Gasteiger charge is -2.13. The van der Waals surface area contributed by atoms with Gasteiger partial charge >= 0.3 is 0 Å². The molecule has 12 heteroatoms. The lowest BCUT2D eigenvalue weighted by molar-refractivity contribution is -0.384. The second-order valence-corrected chi connectivity index (χ2v) is 7.96. The summed E-state index contributed by atoms with van der Waals surface area (Å²) in [6.07, 6.45) is 0.290. The number of nitrogens with one attached hydrogen (secondary N) is 1. The monoisotopic (exact) mass is 428 g/mol. The van der Waals surface area contributed by atoms with Crippen molar-refractivity contribution in [3.63, 3.8) is 0 Å². The molecule has 1 N–H and O–H groups in total. The number of carbonyl (C=O) groups is 3. The molecule has 0 unspecified atom stereocenters. The van der Waals surface area contributed by atoms with Crippen LogP contribution in [0.2, 0.25) is 0 Å². The highest BCUT2D eigenvalue weighted by molar-refractivity contribution is 7.17. The molecule has 0 radical (unpaired) electrons. The van der Waals surface area contributed by atoms with Crippen molar-refractivity contribution in [1.82, 2.24) is 19.5 Å². The molecule has 0 saturated heterocycles. The molecule has 11 nitrogen and oxygen atoms in total. The number of thiazole rings is 1. The quantitative estimate of drug-likeness (QED) is 0.361. The molecule has 1 aromatic carbocycles. The van der Waals surface area contributed by atoms with Gasteiger partial charge in [-0.3, -0.25) is 34.7 Å². The fraction of sp³-hybridized carbons (Fsp3) is 0.278. The molecule has 3 amide bonds. The lowest BCUT2D eigenvalue weighted by atomic mass is 10.1. The Morgan fingerprint density at radius 1 is 1.23 bits per heavy atom. The molecule has 0 bridgehead atoms. The Hall–Kier alpha value is -3.67. The van der Waals surface area contributed by atoms with E-state index in [1.54, 1.807) is 4.52 Å². The van der Waals surface area contributed by atoms with Crippen LogP contribution in [0.15, 0.2) is 18.2 Å². The Morgan fingerprint density at radius 2 is 1.97 bits per heavy atom. The van der Waals surface area contributed by atoms with Crippen LogP contribution in [-0.2, 0) is 4.79 Å². The van der Waals surface area contributed by atoms with E-state index in [4.69, 9.17) is 0 Å². The Bertz CT molecular complexity index is 1230. The largest absolute Gasteiger partial charge is 0.293 e. The number of aromatic nitrogens is 3. The van der Waals surface area contributed by atoms with Gasteiger partial charge in [-0.1, -0.05) is 11.3 Å². The standard InChI is InChI=1S/C18H16N6O5S/c1-9-10(2)30-18-20-17(21-23(9)18)19-14(25)4-3-7-22-15(26)12-6-5-11(24(28)29)8-13(12)16(22)27/h5-6,8H,3-4,7H2,1-2H3,(H,19,21,25). The average molecular weight is 428 g/mol. The Balaban J connectivity index is 1.35. The van der Waals surface area contributed by atoms with Crippen molar-refractivity contribution >= 4 is 45.7 Å². The van der Waals surface area contributed by atoms with Crippen molar-refractivity contribution in [2.75, 3.05) is 11.9 Å². The number of carbonyl (C=O) groups excluding carboxylic acids is 3. The van der Waals surface area contributed by atoms with Crippen LogP contribution in [-0.4, -0.2) is 48.7 Å². The van der Waals surface area contributed by atoms with Crippen LogP contribution in [0.3, 0.4) is 0 Å². The van der Waals surface area contributed by atoms with Gasteiger partial charge in [0.1, 0.15) is 0 Å². The molecule has 3 aromatic rings. The molecule has 3 heterocycles. The van der Waals surface area contributed by atoms with E-state index < -0.39 is 16.7 Å². The normalized spacial score (nSPS) is 13.2. The van der Waals surface area contributed by atoms with E-state index in [0.717, 1.165) is 21.5 Å². The summed E-state index contributed by atoms with van der Waals surface area (Å²) in [7, 11) is 0. The number of nitro benzene ring substituents is 1. The van der Waals surface area contributed by atoms with Gasteiger partial charge in [0.25, 0.3) is 17.5 Å². The Kier molecular flexibility index (Phi) is 4.78. The van der Waals surface area contributed by atoms with Crippen LogP contribution in [0.1, 0.15) is 44.1 Å². The zero-order valence-corrected chi connectivity index (χ0v) is 16.9. The molecule has 0 fully saturated rings. The summed E-state index contributed by atoms with van der Waals surface area (Å²) in [6.45, 7) is 3.90. The van der Waals surface area contributed by atoms with E-state index >= 15 is 0 Å². The summed E-state index contributed by atoms with van der Waals surface area (Å²) in [6, 6.07) is 3.56. The van der Waals surface area contributed by atoms with Gasteiger partial charge in [0, 0.05) is 30.0 Å². The van der Waals surface area contributed by atoms with E-state index in [0.29, 0.717) is 4.96 Å². The summed E-state index contributed by atoms with van der Waals surface area (Å²) in [4.78, 5) is 54.3. The fourth-order valence-corrected chi connectivity index (χ4v) is 4.08.